The summed E-state index contributed by atoms with van der Waals surface area (Å²) in [5.74, 6) is -0.00296. The molecule has 5 nitrogen and oxygen atoms in total. The van der Waals surface area contributed by atoms with Gasteiger partial charge in [0.15, 0.2) is 4.34 Å². The Kier molecular flexibility index (Phi) is 5.82. The molecular formula is C13H15N3O2S2. The maximum Gasteiger partial charge on any atom is 0.316 e. The first-order chi connectivity index (χ1) is 9.74. The molecular weight excluding hydrogens is 294 g/mol. The predicted molar refractivity (Wildman–Crippen MR) is 80.8 cm³/mol. The van der Waals surface area contributed by atoms with Crippen LogP contribution in [-0.2, 0) is 16.0 Å². The Morgan fingerprint density at radius 1 is 1.30 bits per heavy atom. The lowest BCUT2D eigenvalue weighted by atomic mass is 10.1. The van der Waals surface area contributed by atoms with Gasteiger partial charge in [0.1, 0.15) is 0 Å². The highest BCUT2D eigenvalue weighted by atomic mass is 32.2. The van der Waals surface area contributed by atoms with Gasteiger partial charge in [0.2, 0.25) is 5.13 Å². The molecule has 2 rings (SSSR count). The first kappa shape index (κ1) is 14.8. The van der Waals surface area contributed by atoms with Crippen molar-refractivity contribution in [3.05, 3.63) is 35.9 Å². The lowest BCUT2D eigenvalue weighted by Gasteiger charge is -2.04. The molecule has 0 saturated carbocycles. The number of rotatable bonds is 7. The number of nitrogens with two attached hydrogens (primary N) is 1. The van der Waals surface area contributed by atoms with Crippen LogP contribution < -0.4 is 5.73 Å². The van der Waals surface area contributed by atoms with E-state index >= 15 is 0 Å². The summed E-state index contributed by atoms with van der Waals surface area (Å²) in [4.78, 5) is 11.5. The molecule has 2 N–H and O–H groups in total. The molecule has 0 atom stereocenters. The average Bonchev–Trinajstić information content (AvgIpc) is 2.88. The Bertz CT molecular complexity index is 546. The van der Waals surface area contributed by atoms with Gasteiger partial charge in [0.25, 0.3) is 0 Å². The Morgan fingerprint density at radius 3 is 2.80 bits per heavy atom. The molecule has 2 aromatic rings. The summed E-state index contributed by atoms with van der Waals surface area (Å²) >= 11 is 2.56. The SMILES string of the molecule is Nc1nnc(SCC(=O)OCCCc2ccccc2)s1. The highest BCUT2D eigenvalue weighted by Crippen LogP contribution is 2.23. The number of ether oxygens (including phenoxy) is 1. The second kappa shape index (κ2) is 7.86. The number of anilines is 1. The highest BCUT2D eigenvalue weighted by molar-refractivity contribution is 8.01. The van der Waals surface area contributed by atoms with Gasteiger partial charge in [-0.15, -0.1) is 10.2 Å². The number of aryl methyl sites for hydroxylation is 1. The molecule has 0 saturated heterocycles. The van der Waals surface area contributed by atoms with E-state index in [1.165, 1.54) is 28.7 Å². The normalized spacial score (nSPS) is 10.4. The summed E-state index contributed by atoms with van der Waals surface area (Å²) in [5.41, 5.74) is 6.71. The van der Waals surface area contributed by atoms with Crippen molar-refractivity contribution in [2.24, 2.45) is 0 Å². The maximum atomic E-state index is 11.5. The quantitative estimate of drug-likeness (QED) is 0.481. The van der Waals surface area contributed by atoms with Crippen molar-refractivity contribution in [3.63, 3.8) is 0 Å². The first-order valence-corrected chi connectivity index (χ1v) is 7.95. The Balaban J connectivity index is 1.58. The van der Waals surface area contributed by atoms with Gasteiger partial charge in [0.05, 0.1) is 12.4 Å². The van der Waals surface area contributed by atoms with E-state index in [4.69, 9.17) is 10.5 Å². The standard InChI is InChI=1S/C13H15N3O2S2/c14-12-15-16-13(20-12)19-9-11(17)18-8-4-7-10-5-2-1-3-6-10/h1-3,5-6H,4,7-9H2,(H2,14,15). The smallest absolute Gasteiger partial charge is 0.316 e. The number of nitrogen functional groups attached to an aromatic ring is 1. The minimum atomic E-state index is -0.239. The van der Waals surface area contributed by atoms with Gasteiger partial charge >= 0.3 is 5.97 Å². The summed E-state index contributed by atoms with van der Waals surface area (Å²) in [7, 11) is 0. The van der Waals surface area contributed by atoms with Crippen LogP contribution in [0.25, 0.3) is 0 Å². The summed E-state index contributed by atoms with van der Waals surface area (Å²) in [6.45, 7) is 0.437. The lowest BCUT2D eigenvalue weighted by molar-refractivity contribution is -0.140. The highest BCUT2D eigenvalue weighted by Gasteiger charge is 2.07. The van der Waals surface area contributed by atoms with E-state index in [0.29, 0.717) is 16.1 Å². The van der Waals surface area contributed by atoms with Gasteiger partial charge < -0.3 is 10.5 Å². The molecule has 0 radical (unpaired) electrons. The molecule has 0 fully saturated rings. The Labute approximate surface area is 125 Å². The van der Waals surface area contributed by atoms with Gasteiger partial charge in [-0.1, -0.05) is 53.4 Å². The van der Waals surface area contributed by atoms with Crippen molar-refractivity contribution in [2.45, 2.75) is 17.2 Å². The van der Waals surface area contributed by atoms with E-state index in [-0.39, 0.29) is 11.7 Å². The van der Waals surface area contributed by atoms with E-state index in [2.05, 4.69) is 22.3 Å². The molecule has 0 amide bonds. The number of esters is 1. The minimum Gasteiger partial charge on any atom is -0.465 e. The fraction of sp³-hybridized carbons (Fsp3) is 0.308. The molecule has 0 aliphatic carbocycles. The van der Waals surface area contributed by atoms with Crippen LogP contribution >= 0.6 is 23.1 Å². The van der Waals surface area contributed by atoms with Gasteiger partial charge in [-0.25, -0.2) is 0 Å². The molecule has 106 valence electrons. The van der Waals surface area contributed by atoms with Crippen LogP contribution in [0.4, 0.5) is 5.13 Å². The third kappa shape index (κ3) is 5.18. The molecule has 7 heteroatoms. The summed E-state index contributed by atoms with van der Waals surface area (Å²) in [6.07, 6.45) is 1.74. The van der Waals surface area contributed by atoms with E-state index in [1.54, 1.807) is 0 Å². The van der Waals surface area contributed by atoms with Crippen LogP contribution in [0.1, 0.15) is 12.0 Å². The fourth-order valence-electron chi connectivity index (χ4n) is 1.55. The number of hydrogen-bond acceptors (Lipinski definition) is 7. The predicted octanol–water partition coefficient (Wildman–Crippen LogP) is 2.39. The average molecular weight is 309 g/mol. The Hall–Kier alpha value is -1.60. The van der Waals surface area contributed by atoms with Crippen LogP contribution in [0.2, 0.25) is 0 Å². The second-order valence-corrected chi connectivity index (χ2v) is 6.24. The van der Waals surface area contributed by atoms with Crippen LogP contribution in [0.3, 0.4) is 0 Å². The van der Waals surface area contributed by atoms with E-state index < -0.39 is 0 Å². The zero-order chi connectivity index (χ0) is 14.2. The zero-order valence-corrected chi connectivity index (χ0v) is 12.5. The van der Waals surface area contributed by atoms with E-state index in [9.17, 15) is 4.79 Å². The summed E-state index contributed by atoms with van der Waals surface area (Å²) in [5, 5.41) is 7.91. The molecule has 0 unspecified atom stereocenters. The lowest BCUT2D eigenvalue weighted by Crippen LogP contribution is -2.09. The largest absolute Gasteiger partial charge is 0.465 e. The molecule has 0 aliphatic rings. The topological polar surface area (TPSA) is 78.1 Å². The minimum absolute atomic E-state index is 0.236. The van der Waals surface area contributed by atoms with E-state index in [0.717, 1.165) is 12.8 Å². The van der Waals surface area contributed by atoms with Crippen LogP contribution in [0.5, 0.6) is 0 Å². The third-order valence-electron chi connectivity index (χ3n) is 2.45. The fourth-order valence-corrected chi connectivity index (χ4v) is 2.98. The van der Waals surface area contributed by atoms with Crippen molar-refractivity contribution in [3.8, 4) is 0 Å². The molecule has 1 aromatic heterocycles. The number of carbonyl (C=O) groups excluding carboxylic acids is 1. The molecule has 1 heterocycles. The van der Waals surface area contributed by atoms with Gasteiger partial charge in [0, 0.05) is 0 Å². The van der Waals surface area contributed by atoms with Gasteiger partial charge in [-0.05, 0) is 18.4 Å². The molecule has 20 heavy (non-hydrogen) atoms. The van der Waals surface area contributed by atoms with Crippen molar-refractivity contribution >= 4 is 34.2 Å². The number of thioether (sulfide) groups is 1. The number of benzene rings is 1. The third-order valence-corrected chi connectivity index (χ3v) is 4.31. The second-order valence-electron chi connectivity index (χ2n) is 4.00. The zero-order valence-electron chi connectivity index (χ0n) is 10.8. The summed E-state index contributed by atoms with van der Waals surface area (Å²) < 4.78 is 5.84. The molecule has 0 spiro atoms. The Morgan fingerprint density at radius 2 is 2.10 bits per heavy atom. The van der Waals surface area contributed by atoms with Crippen LogP contribution in [0, 0.1) is 0 Å². The van der Waals surface area contributed by atoms with Crippen LogP contribution in [-0.4, -0.2) is 28.5 Å². The number of nitrogens with zero attached hydrogens (tertiary/aromatic N) is 2. The van der Waals surface area contributed by atoms with E-state index in [1.807, 2.05) is 18.2 Å². The number of hydrogen-bond donors (Lipinski definition) is 1. The maximum absolute atomic E-state index is 11.5. The van der Waals surface area contributed by atoms with Gasteiger partial charge in [-0.2, -0.15) is 0 Å². The first-order valence-electron chi connectivity index (χ1n) is 6.15. The monoisotopic (exact) mass is 309 g/mol. The molecule has 0 aliphatic heterocycles. The van der Waals surface area contributed by atoms with Crippen molar-refractivity contribution < 1.29 is 9.53 Å². The molecule has 0 bridgehead atoms. The van der Waals surface area contributed by atoms with Crippen LogP contribution in [0.15, 0.2) is 34.7 Å². The van der Waals surface area contributed by atoms with Crippen molar-refractivity contribution in [1.82, 2.24) is 10.2 Å². The van der Waals surface area contributed by atoms with Crippen molar-refractivity contribution in [1.29, 1.82) is 0 Å². The number of carbonyl (C=O) groups is 1. The van der Waals surface area contributed by atoms with Gasteiger partial charge in [-0.3, -0.25) is 4.79 Å². The molecule has 1 aromatic carbocycles. The number of aromatic nitrogens is 2. The van der Waals surface area contributed by atoms with Crippen molar-refractivity contribution in [2.75, 3.05) is 18.1 Å². The summed E-state index contributed by atoms with van der Waals surface area (Å²) in [6, 6.07) is 10.1.